The first-order valence-corrected chi connectivity index (χ1v) is 19.8. The Morgan fingerprint density at radius 3 is 1.88 bits per heavy atom. The summed E-state index contributed by atoms with van der Waals surface area (Å²) in [7, 11) is 0. The molecule has 4 aromatic rings. The smallest absolute Gasteiger partial charge is 0.325 e. The number of carbonyl (C=O) groups is 6. The zero-order chi connectivity index (χ0) is 42.0. The van der Waals surface area contributed by atoms with E-state index in [1.54, 1.807) is 30.3 Å². The number of carboxylic acid groups (broad SMARTS) is 1. The number of aliphatic carboxylic acids is 1. The maximum atomic E-state index is 14.3. The molecule has 1 aliphatic rings. The summed E-state index contributed by atoms with van der Waals surface area (Å²) in [4.78, 5) is 79.5. The quantitative estimate of drug-likeness (QED) is 0.0734. The molecule has 12 nitrogen and oxygen atoms in total. The Hall–Kier alpha value is -6.82. The van der Waals surface area contributed by atoms with Crippen molar-refractivity contribution in [3.05, 3.63) is 156 Å². The van der Waals surface area contributed by atoms with Gasteiger partial charge in [0.2, 0.25) is 23.6 Å². The second-order valence-electron chi connectivity index (χ2n) is 14.5. The van der Waals surface area contributed by atoms with Gasteiger partial charge in [0.25, 0.3) is 5.91 Å². The van der Waals surface area contributed by atoms with E-state index in [1.165, 1.54) is 6.92 Å². The third-order valence-corrected chi connectivity index (χ3v) is 9.99. The molecule has 5 amide bonds. The van der Waals surface area contributed by atoms with Gasteiger partial charge in [-0.2, -0.15) is 0 Å². The highest BCUT2D eigenvalue weighted by atomic mass is 16.4. The van der Waals surface area contributed by atoms with Gasteiger partial charge in [-0.25, -0.2) is 0 Å². The Kier molecular flexibility index (Phi) is 16.3. The summed E-state index contributed by atoms with van der Waals surface area (Å²) in [6, 6.07) is 30.9. The predicted molar refractivity (Wildman–Crippen MR) is 226 cm³/mol. The first-order chi connectivity index (χ1) is 28.5. The second-order valence-corrected chi connectivity index (χ2v) is 14.5. The Bertz CT molecular complexity index is 2090. The average Bonchev–Trinajstić information content (AvgIpc) is 3.26. The number of nitrogens with one attached hydrogen (secondary N) is 5. The number of amides is 5. The van der Waals surface area contributed by atoms with Crippen molar-refractivity contribution in [1.29, 1.82) is 0 Å². The summed E-state index contributed by atoms with van der Waals surface area (Å²) in [5.41, 5.74) is 4.09. The molecule has 0 heterocycles. The molecular weight excluding hydrogens is 747 g/mol. The van der Waals surface area contributed by atoms with Crippen molar-refractivity contribution in [2.24, 2.45) is 5.92 Å². The maximum absolute atomic E-state index is 14.3. The molecule has 0 spiro atoms. The summed E-state index contributed by atoms with van der Waals surface area (Å²) in [6.07, 6.45) is 9.02. The van der Waals surface area contributed by atoms with E-state index in [0.717, 1.165) is 22.3 Å². The molecule has 0 fully saturated rings. The molecule has 4 aromatic carbocycles. The molecule has 6 N–H and O–H groups in total. The van der Waals surface area contributed by atoms with Gasteiger partial charge in [0.1, 0.15) is 24.2 Å². The van der Waals surface area contributed by atoms with Crippen LogP contribution in [0.4, 0.5) is 0 Å². The number of hydrogen-bond acceptors (Lipinski definition) is 6. The van der Waals surface area contributed by atoms with E-state index in [9.17, 15) is 33.9 Å². The van der Waals surface area contributed by atoms with Crippen LogP contribution in [0.1, 0.15) is 54.1 Å². The zero-order valence-electron chi connectivity index (χ0n) is 33.0. The van der Waals surface area contributed by atoms with Gasteiger partial charge in [0.15, 0.2) is 0 Å². The molecular formula is C47H51N5O7. The SMILES string of the molecule is CC(NC(=O)[C@H](CC1C=CC=CC1)NC(=O)[C@H](Cc1ccc(-c2ccccc2)cc1)NC(=O)[C@H](CCc1ccccc1)NC(=O)CCNC(=O)c1ccccc1)C(=O)O. The normalized spacial score (nSPS) is 15.1. The lowest BCUT2D eigenvalue weighted by molar-refractivity contribution is -0.142. The van der Waals surface area contributed by atoms with Gasteiger partial charge < -0.3 is 31.7 Å². The van der Waals surface area contributed by atoms with E-state index in [-0.39, 0.29) is 44.1 Å². The van der Waals surface area contributed by atoms with Gasteiger partial charge in [0.05, 0.1) is 0 Å². The van der Waals surface area contributed by atoms with E-state index >= 15 is 0 Å². The molecule has 5 atom stereocenters. The first kappa shape index (κ1) is 43.3. The van der Waals surface area contributed by atoms with Crippen molar-refractivity contribution in [1.82, 2.24) is 26.6 Å². The highest BCUT2D eigenvalue weighted by molar-refractivity contribution is 5.96. The van der Waals surface area contributed by atoms with Crippen LogP contribution in [0, 0.1) is 5.92 Å². The van der Waals surface area contributed by atoms with Crippen LogP contribution >= 0.6 is 0 Å². The minimum Gasteiger partial charge on any atom is -0.480 e. The van der Waals surface area contributed by atoms with Gasteiger partial charge in [-0.05, 0) is 72.9 Å². The fraction of sp³-hybridized carbons (Fsp3) is 0.277. The average molecular weight is 798 g/mol. The van der Waals surface area contributed by atoms with Crippen LogP contribution in [0.15, 0.2) is 140 Å². The molecule has 12 heteroatoms. The number of carbonyl (C=O) groups excluding carboxylic acids is 5. The van der Waals surface area contributed by atoms with Gasteiger partial charge >= 0.3 is 5.97 Å². The maximum Gasteiger partial charge on any atom is 0.325 e. The number of aryl methyl sites for hydroxylation is 1. The molecule has 2 unspecified atom stereocenters. The largest absolute Gasteiger partial charge is 0.480 e. The van der Waals surface area contributed by atoms with Crippen molar-refractivity contribution in [3.63, 3.8) is 0 Å². The third kappa shape index (κ3) is 14.0. The molecule has 5 rings (SSSR count). The molecule has 0 aromatic heterocycles. The van der Waals surface area contributed by atoms with Crippen molar-refractivity contribution in [3.8, 4) is 11.1 Å². The summed E-state index contributed by atoms with van der Waals surface area (Å²) in [6.45, 7) is 1.37. The Labute approximate surface area is 344 Å². The van der Waals surface area contributed by atoms with Crippen molar-refractivity contribution >= 4 is 35.5 Å². The number of carboxylic acids is 1. The molecule has 0 saturated carbocycles. The van der Waals surface area contributed by atoms with Crippen LogP contribution in [0.3, 0.4) is 0 Å². The third-order valence-electron chi connectivity index (χ3n) is 9.99. The van der Waals surface area contributed by atoms with E-state index in [0.29, 0.717) is 18.4 Å². The van der Waals surface area contributed by atoms with Crippen molar-refractivity contribution < 1.29 is 33.9 Å². The van der Waals surface area contributed by atoms with E-state index < -0.39 is 53.8 Å². The van der Waals surface area contributed by atoms with Crippen molar-refractivity contribution in [2.75, 3.05) is 6.54 Å². The fourth-order valence-electron chi connectivity index (χ4n) is 6.64. The molecule has 0 aliphatic heterocycles. The summed E-state index contributed by atoms with van der Waals surface area (Å²) in [5.74, 6) is -4.06. The highest BCUT2D eigenvalue weighted by Crippen LogP contribution is 2.21. The first-order valence-electron chi connectivity index (χ1n) is 19.8. The summed E-state index contributed by atoms with van der Waals surface area (Å²) < 4.78 is 0. The lowest BCUT2D eigenvalue weighted by atomic mass is 9.92. The lowest BCUT2D eigenvalue weighted by Gasteiger charge is -2.27. The van der Waals surface area contributed by atoms with Crippen molar-refractivity contribution in [2.45, 2.75) is 69.6 Å². The standard InChI is InChI=1S/C47H51N5O7/c1-32(47(58)59)49-45(56)40(30-34-16-8-3-9-17-34)52-46(57)41(31-35-22-25-37(26-23-35)36-18-10-4-11-19-36)51-44(55)39(27-24-33-14-6-2-7-15-33)50-42(53)28-29-48-43(54)38-20-12-5-13-21-38/h2-16,18-23,25-26,32,34,39-41H,17,24,27-31H2,1H3,(H,48,54)(H,49,56)(H,50,53)(H,51,55)(H,52,57)(H,58,59)/t32?,34?,39-,40-,41-/m0/s1. The fourth-order valence-corrected chi connectivity index (χ4v) is 6.64. The minimum absolute atomic E-state index is 0.0342. The Balaban J connectivity index is 1.36. The lowest BCUT2D eigenvalue weighted by Crippen LogP contribution is -2.58. The monoisotopic (exact) mass is 797 g/mol. The Morgan fingerprint density at radius 2 is 1.24 bits per heavy atom. The van der Waals surface area contributed by atoms with Crippen LogP contribution in [0.2, 0.25) is 0 Å². The number of benzene rings is 4. The van der Waals surface area contributed by atoms with Crippen LogP contribution in [0.25, 0.3) is 11.1 Å². The van der Waals surface area contributed by atoms with E-state index in [4.69, 9.17) is 0 Å². The number of rotatable bonds is 20. The molecule has 0 bridgehead atoms. The zero-order valence-corrected chi connectivity index (χ0v) is 33.0. The van der Waals surface area contributed by atoms with Gasteiger partial charge in [-0.1, -0.05) is 127 Å². The molecule has 306 valence electrons. The van der Waals surface area contributed by atoms with Crippen LogP contribution in [-0.2, 0) is 36.8 Å². The van der Waals surface area contributed by atoms with Gasteiger partial charge in [-0.3, -0.25) is 28.8 Å². The predicted octanol–water partition coefficient (Wildman–Crippen LogP) is 4.92. The molecule has 0 radical (unpaired) electrons. The Morgan fingerprint density at radius 1 is 0.644 bits per heavy atom. The minimum atomic E-state index is -1.23. The summed E-state index contributed by atoms with van der Waals surface area (Å²) >= 11 is 0. The van der Waals surface area contributed by atoms with E-state index in [2.05, 4.69) is 26.6 Å². The molecule has 1 aliphatic carbocycles. The molecule has 0 saturated heterocycles. The van der Waals surface area contributed by atoms with Crippen LogP contribution < -0.4 is 26.6 Å². The van der Waals surface area contributed by atoms with Crippen LogP contribution in [-0.4, -0.2) is 71.3 Å². The number of hydrogen-bond donors (Lipinski definition) is 6. The highest BCUT2D eigenvalue weighted by Gasteiger charge is 2.32. The number of allylic oxidation sites excluding steroid dienone is 4. The van der Waals surface area contributed by atoms with Crippen LogP contribution in [0.5, 0.6) is 0 Å². The van der Waals surface area contributed by atoms with Gasteiger partial charge in [-0.15, -0.1) is 0 Å². The van der Waals surface area contributed by atoms with Gasteiger partial charge in [0, 0.05) is 24.9 Å². The topological polar surface area (TPSA) is 183 Å². The van der Waals surface area contributed by atoms with E-state index in [1.807, 2.05) is 109 Å². The second kappa shape index (κ2) is 22.2. The summed E-state index contributed by atoms with van der Waals surface area (Å²) in [5, 5.41) is 23.2. The molecule has 59 heavy (non-hydrogen) atoms.